The van der Waals surface area contributed by atoms with Crippen LogP contribution in [0.1, 0.15) is 50.4 Å². The lowest BCUT2D eigenvalue weighted by Crippen LogP contribution is -2.67. The van der Waals surface area contributed by atoms with Crippen molar-refractivity contribution in [3.05, 3.63) is 128 Å². The van der Waals surface area contributed by atoms with Gasteiger partial charge in [0.05, 0.1) is 25.1 Å². The van der Waals surface area contributed by atoms with Crippen LogP contribution in [0.4, 0.5) is 0 Å². The number of benzene rings is 4. The molecule has 4 aromatic rings. The van der Waals surface area contributed by atoms with Crippen LogP contribution in [0.15, 0.2) is 102 Å². The first-order valence-electron chi connectivity index (χ1n) is 14.3. The van der Waals surface area contributed by atoms with E-state index in [-0.39, 0.29) is 29.4 Å². The van der Waals surface area contributed by atoms with Crippen molar-refractivity contribution in [3.8, 4) is 0 Å². The molecule has 1 aliphatic heterocycles. The number of hydrogen-bond acceptors (Lipinski definition) is 2. The largest absolute Gasteiger partial charge is 0.405 e. The molecule has 7 heteroatoms. The highest BCUT2D eigenvalue weighted by Crippen LogP contribution is 2.40. The van der Waals surface area contributed by atoms with E-state index in [2.05, 4.69) is 104 Å². The fourth-order valence-corrected chi connectivity index (χ4v) is 12.1. The van der Waals surface area contributed by atoms with Crippen molar-refractivity contribution in [3.63, 3.8) is 0 Å². The van der Waals surface area contributed by atoms with Gasteiger partial charge in [0, 0.05) is 14.5 Å². The molecule has 0 spiro atoms. The summed E-state index contributed by atoms with van der Waals surface area (Å²) in [5.41, 5.74) is 3.02. The van der Waals surface area contributed by atoms with Crippen LogP contribution in [0, 0.1) is 0 Å². The minimum Gasteiger partial charge on any atom is -0.405 e. The second-order valence-corrected chi connectivity index (χ2v) is 18.0. The molecule has 0 aromatic heterocycles. The van der Waals surface area contributed by atoms with E-state index in [9.17, 15) is 4.79 Å². The van der Waals surface area contributed by atoms with Gasteiger partial charge in [-0.05, 0) is 63.6 Å². The Bertz CT molecular complexity index is 1500. The highest BCUT2D eigenvalue weighted by Gasteiger charge is 2.51. The van der Waals surface area contributed by atoms with Crippen molar-refractivity contribution in [1.29, 1.82) is 0 Å². The standard InChI is InChI=1S/C35H36BrCl2NO2Si/c1-24-28-17-11-18-31(36)29(28)21-25(39(24)34(40)22-30-32(37)19-12-20-33(30)38)23-41-42(35(2,3)4,26-13-7-5-8-14-26)27-15-9-6-10-16-27/h5-20,24-25H,21-23H2,1-4H3/t24-,25+/m0/s1. The summed E-state index contributed by atoms with van der Waals surface area (Å²) in [7, 11) is -2.81. The smallest absolute Gasteiger partial charge is 0.261 e. The minimum atomic E-state index is -2.81. The molecule has 0 saturated heterocycles. The molecule has 1 heterocycles. The number of rotatable bonds is 7. The Labute approximate surface area is 269 Å². The first-order chi connectivity index (χ1) is 20.0. The molecule has 0 aliphatic carbocycles. The maximum absolute atomic E-state index is 14.2. The minimum absolute atomic E-state index is 0.0147. The zero-order valence-electron chi connectivity index (χ0n) is 24.4. The number of carbonyl (C=O) groups is 1. The summed E-state index contributed by atoms with van der Waals surface area (Å²) < 4.78 is 8.42. The van der Waals surface area contributed by atoms with Crippen LogP contribution in [0.25, 0.3) is 0 Å². The van der Waals surface area contributed by atoms with E-state index in [1.807, 2.05) is 23.1 Å². The topological polar surface area (TPSA) is 29.5 Å². The zero-order chi connectivity index (χ0) is 30.1. The number of carbonyl (C=O) groups excluding carboxylic acids is 1. The highest BCUT2D eigenvalue weighted by molar-refractivity contribution is 9.10. The molecule has 2 atom stereocenters. The second kappa shape index (κ2) is 12.7. The second-order valence-electron chi connectivity index (χ2n) is 12.0. The van der Waals surface area contributed by atoms with Gasteiger partial charge in [0.2, 0.25) is 5.91 Å². The average molecular weight is 682 g/mol. The van der Waals surface area contributed by atoms with Crippen molar-refractivity contribution in [2.45, 2.75) is 57.7 Å². The van der Waals surface area contributed by atoms with E-state index in [0.29, 0.717) is 28.6 Å². The lowest BCUT2D eigenvalue weighted by Gasteiger charge is -2.47. The molecule has 0 fully saturated rings. The van der Waals surface area contributed by atoms with Crippen LogP contribution in [-0.4, -0.2) is 31.8 Å². The van der Waals surface area contributed by atoms with Crippen LogP contribution in [0.3, 0.4) is 0 Å². The first kappa shape index (κ1) is 31.0. The van der Waals surface area contributed by atoms with Crippen LogP contribution >= 0.6 is 39.1 Å². The van der Waals surface area contributed by atoms with E-state index in [4.69, 9.17) is 27.6 Å². The lowest BCUT2D eigenvalue weighted by molar-refractivity contribution is -0.137. The van der Waals surface area contributed by atoms with Gasteiger partial charge >= 0.3 is 0 Å². The molecule has 1 aliphatic rings. The summed E-state index contributed by atoms with van der Waals surface area (Å²) in [5.74, 6) is -0.0147. The predicted octanol–water partition coefficient (Wildman–Crippen LogP) is 8.39. The van der Waals surface area contributed by atoms with Crippen molar-refractivity contribution in [1.82, 2.24) is 4.90 Å². The molecule has 42 heavy (non-hydrogen) atoms. The third kappa shape index (κ3) is 5.87. The Morgan fingerprint density at radius 1 is 0.881 bits per heavy atom. The van der Waals surface area contributed by atoms with E-state index < -0.39 is 8.32 Å². The van der Waals surface area contributed by atoms with Gasteiger partial charge in [-0.15, -0.1) is 0 Å². The zero-order valence-corrected chi connectivity index (χ0v) is 28.5. The Hall–Kier alpha value is -2.41. The molecule has 0 radical (unpaired) electrons. The third-order valence-electron chi connectivity index (χ3n) is 8.44. The van der Waals surface area contributed by atoms with Crippen molar-refractivity contribution >= 4 is 63.7 Å². The monoisotopic (exact) mass is 679 g/mol. The van der Waals surface area contributed by atoms with Gasteiger partial charge in [0.25, 0.3) is 8.32 Å². The maximum Gasteiger partial charge on any atom is 0.261 e. The van der Waals surface area contributed by atoms with Gasteiger partial charge in [-0.1, -0.05) is 139 Å². The maximum atomic E-state index is 14.2. The van der Waals surface area contributed by atoms with Crippen LogP contribution < -0.4 is 10.4 Å². The predicted molar refractivity (Wildman–Crippen MR) is 181 cm³/mol. The summed E-state index contributed by atoms with van der Waals surface area (Å²) >= 11 is 16.8. The number of halogens is 3. The van der Waals surface area contributed by atoms with Gasteiger partial charge in [-0.2, -0.15) is 0 Å². The van der Waals surface area contributed by atoms with Crippen LogP contribution in [-0.2, 0) is 22.1 Å². The summed E-state index contributed by atoms with van der Waals surface area (Å²) in [4.78, 5) is 16.2. The molecule has 1 amide bonds. The highest BCUT2D eigenvalue weighted by atomic mass is 79.9. The molecule has 218 valence electrons. The number of fused-ring (bicyclic) bond motifs is 1. The Kier molecular flexibility index (Phi) is 9.36. The fourth-order valence-electron chi connectivity index (χ4n) is 6.47. The van der Waals surface area contributed by atoms with E-state index in [1.165, 1.54) is 15.9 Å². The van der Waals surface area contributed by atoms with E-state index in [0.717, 1.165) is 10.0 Å². The average Bonchev–Trinajstić information content (AvgIpc) is 2.96. The van der Waals surface area contributed by atoms with Crippen molar-refractivity contribution in [2.24, 2.45) is 0 Å². The number of amides is 1. The summed E-state index contributed by atoms with van der Waals surface area (Å²) in [5, 5.41) is 3.27. The van der Waals surface area contributed by atoms with Crippen LogP contribution in [0.5, 0.6) is 0 Å². The van der Waals surface area contributed by atoms with Gasteiger partial charge in [0.15, 0.2) is 0 Å². The van der Waals surface area contributed by atoms with Gasteiger partial charge in [0.1, 0.15) is 0 Å². The first-order valence-corrected chi connectivity index (χ1v) is 17.8. The molecular formula is C35H36BrCl2NO2Si. The van der Waals surface area contributed by atoms with E-state index >= 15 is 0 Å². The van der Waals surface area contributed by atoms with Gasteiger partial charge < -0.3 is 9.33 Å². The van der Waals surface area contributed by atoms with Gasteiger partial charge in [-0.3, -0.25) is 4.79 Å². The molecule has 3 nitrogen and oxygen atoms in total. The quantitative estimate of drug-likeness (QED) is 0.184. The van der Waals surface area contributed by atoms with Crippen molar-refractivity contribution < 1.29 is 9.22 Å². The van der Waals surface area contributed by atoms with Gasteiger partial charge in [-0.25, -0.2) is 0 Å². The van der Waals surface area contributed by atoms with E-state index in [1.54, 1.807) is 18.2 Å². The fraction of sp³-hybridized carbons (Fsp3) is 0.286. The molecule has 0 saturated carbocycles. The Morgan fingerprint density at radius 2 is 1.43 bits per heavy atom. The number of hydrogen-bond donors (Lipinski definition) is 0. The molecule has 5 rings (SSSR count). The molecule has 0 N–H and O–H groups in total. The third-order valence-corrected chi connectivity index (χ3v) is 14.9. The lowest BCUT2D eigenvalue weighted by atomic mass is 9.88. The SMILES string of the molecule is C[C@H]1c2cccc(Br)c2C[C@H](CO[Si](c2ccccc2)(c2ccccc2)C(C)(C)C)N1C(=O)Cc1c(Cl)cccc1Cl. The van der Waals surface area contributed by atoms with Crippen LogP contribution in [0.2, 0.25) is 15.1 Å². The summed E-state index contributed by atoms with van der Waals surface area (Å²) in [6.07, 6.45) is 0.809. The Morgan fingerprint density at radius 3 is 1.98 bits per heavy atom. The van der Waals surface area contributed by atoms with Crippen molar-refractivity contribution in [2.75, 3.05) is 6.61 Å². The molecule has 4 aromatic carbocycles. The summed E-state index contributed by atoms with van der Waals surface area (Å²) in [6, 6.07) is 32.5. The number of nitrogens with zero attached hydrogens (tertiary/aromatic N) is 1. The Balaban J connectivity index is 1.58. The molecule has 0 unspecified atom stereocenters. The molecule has 0 bridgehead atoms. The summed E-state index contributed by atoms with van der Waals surface area (Å²) in [6.45, 7) is 9.33. The normalized spacial score (nSPS) is 17.2. The molecular weight excluding hydrogens is 645 g/mol.